The number of anilines is 2. The van der Waals surface area contributed by atoms with E-state index < -0.39 is 0 Å². The minimum absolute atomic E-state index is 0.545. The van der Waals surface area contributed by atoms with Gasteiger partial charge in [0.05, 0.1) is 12.4 Å². The van der Waals surface area contributed by atoms with Crippen molar-refractivity contribution in [1.29, 1.82) is 0 Å². The van der Waals surface area contributed by atoms with Crippen molar-refractivity contribution in [3.8, 4) is 0 Å². The van der Waals surface area contributed by atoms with E-state index >= 15 is 0 Å². The van der Waals surface area contributed by atoms with Crippen molar-refractivity contribution in [2.24, 2.45) is 5.84 Å². The van der Waals surface area contributed by atoms with Gasteiger partial charge in [-0.2, -0.15) is 10.2 Å². The molecule has 0 saturated carbocycles. The summed E-state index contributed by atoms with van der Waals surface area (Å²) in [7, 11) is 0. The topological polar surface area (TPSA) is 80.8 Å². The van der Waals surface area contributed by atoms with Crippen LogP contribution < -0.4 is 10.9 Å². The molecule has 0 amide bonds. The molecule has 106 valence electrons. The van der Waals surface area contributed by atoms with Crippen LogP contribution >= 0.6 is 0 Å². The highest BCUT2D eigenvalue weighted by Gasteiger charge is 2.15. The first kappa shape index (κ1) is 12.6. The van der Waals surface area contributed by atoms with Gasteiger partial charge in [0, 0.05) is 21.5 Å². The third-order valence-corrected chi connectivity index (χ3v) is 3.56. The van der Waals surface area contributed by atoms with Gasteiger partial charge in [-0.05, 0) is 0 Å². The maximum atomic E-state index is 6.28. The summed E-state index contributed by atoms with van der Waals surface area (Å²) in [6.07, 6.45) is 3.42. The largest absolute Gasteiger partial charge is 0.240 e. The molecule has 22 heavy (non-hydrogen) atoms. The van der Waals surface area contributed by atoms with Gasteiger partial charge in [-0.1, -0.05) is 48.5 Å². The Morgan fingerprint density at radius 1 is 0.682 bits per heavy atom. The minimum Gasteiger partial charge on any atom is -0.240 e. The number of hydrogen-bond acceptors (Lipinski definition) is 6. The second-order valence-corrected chi connectivity index (χ2v) is 4.88. The van der Waals surface area contributed by atoms with Gasteiger partial charge in [0.15, 0.2) is 11.6 Å². The lowest BCUT2D eigenvalue weighted by molar-refractivity contribution is 0.924. The fourth-order valence-corrected chi connectivity index (χ4v) is 2.48. The van der Waals surface area contributed by atoms with Gasteiger partial charge >= 0.3 is 0 Å². The zero-order valence-corrected chi connectivity index (χ0v) is 11.6. The molecule has 6 heteroatoms. The van der Waals surface area contributed by atoms with E-state index in [9.17, 15) is 0 Å². The van der Waals surface area contributed by atoms with Crippen molar-refractivity contribution < 1.29 is 0 Å². The Kier molecular flexibility index (Phi) is 2.87. The molecule has 6 nitrogen and oxygen atoms in total. The predicted molar refractivity (Wildman–Crippen MR) is 85.4 cm³/mol. The first-order chi connectivity index (χ1) is 10.8. The Labute approximate surface area is 126 Å². The van der Waals surface area contributed by atoms with Crippen molar-refractivity contribution in [3.63, 3.8) is 0 Å². The Morgan fingerprint density at radius 2 is 1.14 bits per heavy atom. The van der Waals surface area contributed by atoms with Gasteiger partial charge < -0.3 is 0 Å². The van der Waals surface area contributed by atoms with E-state index in [2.05, 4.69) is 20.4 Å². The highest BCUT2D eigenvalue weighted by molar-refractivity contribution is 5.97. The molecule has 4 aromatic rings. The molecule has 0 aliphatic heterocycles. The highest BCUT2D eigenvalue weighted by Crippen LogP contribution is 2.29. The Hall–Kier alpha value is -3.12. The Morgan fingerprint density at radius 3 is 1.64 bits per heavy atom. The summed E-state index contributed by atoms with van der Waals surface area (Å²) < 4.78 is 0. The number of hydrogen-bond donors (Lipinski definition) is 1. The van der Waals surface area contributed by atoms with Crippen LogP contribution in [0.2, 0.25) is 0 Å². The van der Waals surface area contributed by atoms with Crippen LogP contribution in [0, 0.1) is 0 Å². The maximum Gasteiger partial charge on any atom is 0.179 e. The lowest BCUT2D eigenvalue weighted by Crippen LogP contribution is -2.28. The van der Waals surface area contributed by atoms with Crippen LogP contribution in [0.5, 0.6) is 0 Å². The molecule has 0 bridgehead atoms. The van der Waals surface area contributed by atoms with Crippen molar-refractivity contribution in [2.45, 2.75) is 0 Å². The molecule has 0 unspecified atom stereocenters. The normalized spacial score (nSPS) is 11.0. The van der Waals surface area contributed by atoms with Crippen LogP contribution in [-0.2, 0) is 0 Å². The summed E-state index contributed by atoms with van der Waals surface area (Å²) in [5.74, 6) is 7.37. The zero-order chi connectivity index (χ0) is 14.9. The van der Waals surface area contributed by atoms with Gasteiger partial charge in [-0.15, -0.1) is 10.2 Å². The second-order valence-electron chi connectivity index (χ2n) is 4.88. The molecular weight excluding hydrogens is 276 g/mol. The van der Waals surface area contributed by atoms with Crippen LogP contribution in [0.15, 0.2) is 60.9 Å². The second kappa shape index (κ2) is 5.01. The van der Waals surface area contributed by atoms with Crippen LogP contribution in [0.1, 0.15) is 0 Å². The Balaban J connectivity index is 1.94. The molecule has 2 N–H and O–H groups in total. The molecule has 0 spiro atoms. The van der Waals surface area contributed by atoms with E-state index in [0.717, 1.165) is 21.5 Å². The molecule has 2 aromatic heterocycles. The Bertz CT molecular complexity index is 879. The fourth-order valence-electron chi connectivity index (χ4n) is 2.48. The summed E-state index contributed by atoms with van der Waals surface area (Å²) in [5, 5.41) is 21.6. The number of aromatic nitrogens is 4. The quantitative estimate of drug-likeness (QED) is 0.451. The van der Waals surface area contributed by atoms with Crippen molar-refractivity contribution in [1.82, 2.24) is 20.4 Å². The van der Waals surface area contributed by atoms with Gasteiger partial charge in [-0.25, -0.2) is 10.9 Å². The van der Waals surface area contributed by atoms with E-state index in [1.165, 1.54) is 5.01 Å². The van der Waals surface area contributed by atoms with Gasteiger partial charge in [0.1, 0.15) is 0 Å². The van der Waals surface area contributed by atoms with Crippen LogP contribution in [0.4, 0.5) is 11.6 Å². The number of benzene rings is 2. The molecule has 0 atom stereocenters. The van der Waals surface area contributed by atoms with E-state index in [4.69, 9.17) is 5.84 Å². The third kappa shape index (κ3) is 1.94. The van der Waals surface area contributed by atoms with Crippen molar-refractivity contribution in [3.05, 3.63) is 60.9 Å². The first-order valence-corrected chi connectivity index (χ1v) is 6.80. The van der Waals surface area contributed by atoms with E-state index in [1.54, 1.807) is 12.4 Å². The summed E-state index contributed by atoms with van der Waals surface area (Å²) in [6, 6.07) is 15.6. The molecule has 0 aliphatic carbocycles. The molecule has 2 aromatic carbocycles. The molecule has 2 heterocycles. The van der Waals surface area contributed by atoms with E-state index in [1.807, 2.05) is 48.5 Å². The average Bonchev–Trinajstić information content (AvgIpc) is 2.60. The fraction of sp³-hybridized carbons (Fsp3) is 0. The molecule has 0 fully saturated rings. The standard InChI is InChI=1S/C16H12N6/c17-22(15-13-7-3-1-5-11(13)9-18-20-15)16-14-8-4-2-6-12(14)10-19-21-16/h1-10H,17H2. The molecular formula is C16H12N6. The number of rotatable bonds is 2. The highest BCUT2D eigenvalue weighted by atomic mass is 15.5. The summed E-state index contributed by atoms with van der Waals surface area (Å²) in [4.78, 5) is 0. The van der Waals surface area contributed by atoms with Gasteiger partial charge in [-0.3, -0.25) is 0 Å². The minimum atomic E-state index is 0.545. The maximum absolute atomic E-state index is 6.28. The number of nitrogens with zero attached hydrogens (tertiary/aromatic N) is 5. The summed E-state index contributed by atoms with van der Waals surface area (Å²) in [5.41, 5.74) is 0. The lowest BCUT2D eigenvalue weighted by atomic mass is 10.1. The third-order valence-electron chi connectivity index (χ3n) is 3.56. The van der Waals surface area contributed by atoms with Crippen molar-refractivity contribution in [2.75, 3.05) is 5.01 Å². The number of nitrogens with two attached hydrogens (primary N) is 1. The van der Waals surface area contributed by atoms with Crippen LogP contribution in [0.25, 0.3) is 21.5 Å². The molecule has 4 rings (SSSR count). The van der Waals surface area contributed by atoms with E-state index in [0.29, 0.717) is 11.6 Å². The lowest BCUT2D eigenvalue weighted by Gasteiger charge is -2.18. The van der Waals surface area contributed by atoms with Crippen LogP contribution in [0.3, 0.4) is 0 Å². The monoisotopic (exact) mass is 288 g/mol. The molecule has 0 saturated heterocycles. The molecule has 0 radical (unpaired) electrons. The van der Waals surface area contributed by atoms with Gasteiger partial charge in [0.25, 0.3) is 0 Å². The van der Waals surface area contributed by atoms with E-state index in [-0.39, 0.29) is 0 Å². The average molecular weight is 288 g/mol. The van der Waals surface area contributed by atoms with Crippen molar-refractivity contribution >= 4 is 33.2 Å². The zero-order valence-electron chi connectivity index (χ0n) is 11.6. The van der Waals surface area contributed by atoms with Gasteiger partial charge in [0.2, 0.25) is 0 Å². The summed E-state index contributed by atoms with van der Waals surface area (Å²) in [6.45, 7) is 0. The van der Waals surface area contributed by atoms with Crippen LogP contribution in [-0.4, -0.2) is 20.4 Å². The molecule has 0 aliphatic rings. The summed E-state index contributed by atoms with van der Waals surface area (Å²) >= 11 is 0. The predicted octanol–water partition coefficient (Wildman–Crippen LogP) is 2.58. The SMILES string of the molecule is NN(c1nncc2ccccc12)c1nncc2ccccc12. The number of fused-ring (bicyclic) bond motifs is 2. The smallest absolute Gasteiger partial charge is 0.179 e. The number of hydrazine groups is 1. The first-order valence-electron chi connectivity index (χ1n) is 6.80.